The third-order valence-electron chi connectivity index (χ3n) is 4.15. The highest BCUT2D eigenvalue weighted by Gasteiger charge is 2.40. The Balaban J connectivity index is 1.96. The average molecular weight is 305 g/mol. The van der Waals surface area contributed by atoms with Crippen molar-refractivity contribution in [1.29, 1.82) is 5.26 Å². The Bertz CT molecular complexity index is 834. The first-order valence-electron chi connectivity index (χ1n) is 7.23. The van der Waals surface area contributed by atoms with Crippen LogP contribution in [-0.2, 0) is 4.79 Å². The standard InChI is InChI=1S/C18H15N3O2/c1-11-4-3-5-15(12(11)2)16-17(22)21(18(23)20-16)14-8-6-13(10-19)7-9-14/h3-9,16H,1-2H3,(H,20,23)/t16-/m0/s1. The number of rotatable bonds is 2. The Hall–Kier alpha value is -3.13. The predicted octanol–water partition coefficient (Wildman–Crippen LogP) is 2.97. The Morgan fingerprint density at radius 3 is 2.43 bits per heavy atom. The lowest BCUT2D eigenvalue weighted by Gasteiger charge is -2.15. The van der Waals surface area contributed by atoms with E-state index in [0.29, 0.717) is 11.3 Å². The van der Waals surface area contributed by atoms with Gasteiger partial charge in [0.05, 0.1) is 17.3 Å². The predicted molar refractivity (Wildman–Crippen MR) is 85.8 cm³/mol. The number of benzene rings is 2. The number of hydrogen-bond donors (Lipinski definition) is 1. The second-order valence-corrected chi connectivity index (χ2v) is 5.50. The fraction of sp³-hybridized carbons (Fsp3) is 0.167. The normalized spacial score (nSPS) is 17.1. The zero-order chi connectivity index (χ0) is 16.6. The van der Waals surface area contributed by atoms with Crippen LogP contribution >= 0.6 is 0 Å². The van der Waals surface area contributed by atoms with Crippen LogP contribution in [0.1, 0.15) is 28.3 Å². The van der Waals surface area contributed by atoms with Gasteiger partial charge in [-0.25, -0.2) is 9.69 Å². The van der Waals surface area contributed by atoms with E-state index in [2.05, 4.69) is 5.32 Å². The van der Waals surface area contributed by atoms with E-state index in [9.17, 15) is 9.59 Å². The van der Waals surface area contributed by atoms with Gasteiger partial charge < -0.3 is 5.32 Å². The SMILES string of the molecule is Cc1cccc([C@@H]2NC(=O)N(c3ccc(C#N)cc3)C2=O)c1C. The van der Waals surface area contributed by atoms with E-state index in [-0.39, 0.29) is 5.91 Å². The molecule has 3 rings (SSSR count). The molecule has 0 saturated carbocycles. The number of carbonyl (C=O) groups is 2. The molecule has 1 atom stereocenters. The number of amides is 3. The maximum Gasteiger partial charge on any atom is 0.329 e. The Labute approximate surface area is 134 Å². The highest BCUT2D eigenvalue weighted by molar-refractivity contribution is 6.21. The summed E-state index contributed by atoms with van der Waals surface area (Å²) in [6.45, 7) is 3.91. The van der Waals surface area contributed by atoms with Gasteiger partial charge in [-0.05, 0) is 54.8 Å². The lowest BCUT2D eigenvalue weighted by molar-refractivity contribution is -0.118. The third-order valence-corrected chi connectivity index (χ3v) is 4.15. The zero-order valence-corrected chi connectivity index (χ0v) is 12.8. The summed E-state index contributed by atoms with van der Waals surface area (Å²) in [5.41, 5.74) is 3.81. The molecule has 1 heterocycles. The van der Waals surface area contributed by atoms with Crippen molar-refractivity contribution in [1.82, 2.24) is 5.32 Å². The van der Waals surface area contributed by atoms with E-state index < -0.39 is 12.1 Å². The fourth-order valence-electron chi connectivity index (χ4n) is 2.71. The van der Waals surface area contributed by atoms with Crippen LogP contribution in [0, 0.1) is 25.2 Å². The van der Waals surface area contributed by atoms with Crippen molar-refractivity contribution in [3.8, 4) is 6.07 Å². The van der Waals surface area contributed by atoms with Crippen molar-refractivity contribution in [2.75, 3.05) is 4.90 Å². The molecule has 0 aromatic heterocycles. The number of anilines is 1. The van der Waals surface area contributed by atoms with Gasteiger partial charge >= 0.3 is 6.03 Å². The molecular formula is C18H15N3O2. The highest BCUT2D eigenvalue weighted by atomic mass is 16.2. The van der Waals surface area contributed by atoms with Gasteiger partial charge in [0.15, 0.2) is 0 Å². The zero-order valence-electron chi connectivity index (χ0n) is 12.8. The summed E-state index contributed by atoms with van der Waals surface area (Å²) in [4.78, 5) is 26.1. The summed E-state index contributed by atoms with van der Waals surface area (Å²) in [6.07, 6.45) is 0. The van der Waals surface area contributed by atoms with Crippen molar-refractivity contribution in [3.05, 3.63) is 64.7 Å². The van der Waals surface area contributed by atoms with Crippen molar-refractivity contribution in [3.63, 3.8) is 0 Å². The number of nitriles is 1. The van der Waals surface area contributed by atoms with E-state index in [4.69, 9.17) is 5.26 Å². The van der Waals surface area contributed by atoms with Crippen molar-refractivity contribution < 1.29 is 9.59 Å². The minimum Gasteiger partial charge on any atom is -0.321 e. The van der Waals surface area contributed by atoms with Gasteiger partial charge in [0.2, 0.25) is 0 Å². The van der Waals surface area contributed by atoms with Gasteiger partial charge in [-0.1, -0.05) is 18.2 Å². The number of hydrogen-bond acceptors (Lipinski definition) is 3. The summed E-state index contributed by atoms with van der Waals surface area (Å²) < 4.78 is 0. The maximum atomic E-state index is 12.7. The monoisotopic (exact) mass is 305 g/mol. The second-order valence-electron chi connectivity index (χ2n) is 5.50. The number of imide groups is 1. The molecule has 0 aliphatic carbocycles. The molecule has 1 aliphatic rings. The molecule has 5 heteroatoms. The van der Waals surface area contributed by atoms with Crippen LogP contribution in [0.2, 0.25) is 0 Å². The van der Waals surface area contributed by atoms with Crippen LogP contribution in [0.5, 0.6) is 0 Å². The molecular weight excluding hydrogens is 290 g/mol. The first kappa shape index (κ1) is 14.8. The minimum absolute atomic E-state index is 0.312. The van der Waals surface area contributed by atoms with Crippen LogP contribution in [0.25, 0.3) is 0 Å². The van der Waals surface area contributed by atoms with Gasteiger partial charge in [0, 0.05) is 0 Å². The summed E-state index contributed by atoms with van der Waals surface area (Å²) >= 11 is 0. The quantitative estimate of drug-likeness (QED) is 0.867. The molecule has 3 amide bonds. The van der Waals surface area contributed by atoms with Crippen LogP contribution < -0.4 is 10.2 Å². The van der Waals surface area contributed by atoms with Crippen molar-refractivity contribution in [2.24, 2.45) is 0 Å². The average Bonchev–Trinajstić information content (AvgIpc) is 2.85. The molecule has 114 valence electrons. The molecule has 2 aromatic rings. The Kier molecular flexibility index (Phi) is 3.59. The molecule has 23 heavy (non-hydrogen) atoms. The lowest BCUT2D eigenvalue weighted by Crippen LogP contribution is -2.30. The largest absolute Gasteiger partial charge is 0.329 e. The van der Waals surface area contributed by atoms with Crippen LogP contribution in [0.4, 0.5) is 10.5 Å². The van der Waals surface area contributed by atoms with Crippen molar-refractivity contribution >= 4 is 17.6 Å². The number of nitrogens with zero attached hydrogens (tertiary/aromatic N) is 2. The Morgan fingerprint density at radius 2 is 1.78 bits per heavy atom. The summed E-state index contributed by atoms with van der Waals surface area (Å²) in [6, 6.07) is 12.9. The van der Waals surface area contributed by atoms with Gasteiger partial charge in [-0.3, -0.25) is 4.79 Å². The molecule has 0 radical (unpaired) electrons. The molecule has 0 unspecified atom stereocenters. The summed E-state index contributed by atoms with van der Waals surface area (Å²) in [7, 11) is 0. The Morgan fingerprint density at radius 1 is 1.09 bits per heavy atom. The maximum absolute atomic E-state index is 12.7. The molecule has 0 spiro atoms. The molecule has 1 saturated heterocycles. The highest BCUT2D eigenvalue weighted by Crippen LogP contribution is 2.29. The van der Waals surface area contributed by atoms with E-state index in [0.717, 1.165) is 21.6 Å². The smallest absolute Gasteiger partial charge is 0.321 e. The first-order chi connectivity index (χ1) is 11.0. The van der Waals surface area contributed by atoms with Gasteiger partial charge in [0.25, 0.3) is 5.91 Å². The molecule has 2 aromatic carbocycles. The molecule has 1 fully saturated rings. The number of aryl methyl sites for hydroxylation is 1. The van der Waals surface area contributed by atoms with E-state index >= 15 is 0 Å². The van der Waals surface area contributed by atoms with E-state index in [1.54, 1.807) is 24.3 Å². The molecule has 5 nitrogen and oxygen atoms in total. The van der Waals surface area contributed by atoms with Gasteiger partial charge in [-0.15, -0.1) is 0 Å². The topological polar surface area (TPSA) is 73.2 Å². The van der Waals surface area contributed by atoms with E-state index in [1.807, 2.05) is 38.1 Å². The van der Waals surface area contributed by atoms with E-state index in [1.165, 1.54) is 0 Å². The fourth-order valence-corrected chi connectivity index (χ4v) is 2.71. The lowest BCUT2D eigenvalue weighted by atomic mass is 9.97. The summed E-state index contributed by atoms with van der Waals surface area (Å²) in [5.74, 6) is -0.312. The third kappa shape index (κ3) is 2.44. The van der Waals surface area contributed by atoms with Crippen LogP contribution in [0.3, 0.4) is 0 Å². The number of urea groups is 1. The number of nitrogens with one attached hydrogen (secondary N) is 1. The van der Waals surface area contributed by atoms with Crippen LogP contribution in [-0.4, -0.2) is 11.9 Å². The van der Waals surface area contributed by atoms with Gasteiger partial charge in [0.1, 0.15) is 6.04 Å². The van der Waals surface area contributed by atoms with Crippen LogP contribution in [0.15, 0.2) is 42.5 Å². The number of carbonyl (C=O) groups excluding carboxylic acids is 2. The minimum atomic E-state index is -0.682. The van der Waals surface area contributed by atoms with Crippen molar-refractivity contribution in [2.45, 2.75) is 19.9 Å². The second kappa shape index (κ2) is 5.58. The molecule has 1 aliphatic heterocycles. The molecule has 0 bridgehead atoms. The van der Waals surface area contributed by atoms with Gasteiger partial charge in [-0.2, -0.15) is 5.26 Å². The molecule has 1 N–H and O–H groups in total. The first-order valence-corrected chi connectivity index (χ1v) is 7.23. The summed E-state index contributed by atoms with van der Waals surface area (Å²) in [5, 5.41) is 11.6.